The maximum Gasteiger partial charge on any atom is 0.250 e. The van der Waals surface area contributed by atoms with E-state index >= 15 is 0 Å². The largest absolute Gasteiger partial charge is 0.542 e. The van der Waals surface area contributed by atoms with E-state index in [0.29, 0.717) is 5.76 Å². The van der Waals surface area contributed by atoms with Gasteiger partial charge >= 0.3 is 0 Å². The van der Waals surface area contributed by atoms with Crippen LogP contribution in [0.4, 0.5) is 0 Å². The summed E-state index contributed by atoms with van der Waals surface area (Å²) in [6, 6.07) is 0. The van der Waals surface area contributed by atoms with Gasteiger partial charge in [0.15, 0.2) is 6.29 Å². The molecule has 0 amide bonds. The van der Waals surface area contributed by atoms with Crippen molar-refractivity contribution in [2.45, 2.75) is 65.1 Å². The van der Waals surface area contributed by atoms with E-state index in [-0.39, 0.29) is 5.04 Å². The topological polar surface area (TPSA) is 26.3 Å². The van der Waals surface area contributed by atoms with Crippen molar-refractivity contribution >= 4 is 14.6 Å². The highest BCUT2D eigenvalue weighted by Crippen LogP contribution is 2.37. The second kappa shape index (κ2) is 6.23. The molecule has 0 heterocycles. The molecule has 0 saturated carbocycles. The summed E-state index contributed by atoms with van der Waals surface area (Å²) in [6.45, 7) is 13.0. The number of aldehydes is 1. The summed E-state index contributed by atoms with van der Waals surface area (Å²) in [6.07, 6.45) is 5.95. The molecule has 0 aromatic carbocycles. The van der Waals surface area contributed by atoms with Crippen molar-refractivity contribution in [3.63, 3.8) is 0 Å². The molecule has 0 N–H and O–H groups in total. The molecule has 0 atom stereocenters. The molecule has 0 aliphatic heterocycles. The highest BCUT2D eigenvalue weighted by Gasteiger charge is 2.39. The Morgan fingerprint density at radius 2 is 1.88 bits per heavy atom. The van der Waals surface area contributed by atoms with Crippen LogP contribution in [-0.4, -0.2) is 14.6 Å². The van der Waals surface area contributed by atoms with E-state index in [2.05, 4.69) is 40.8 Å². The molecule has 94 valence electrons. The normalized spacial score (nSPS) is 13.8. The molecule has 0 aromatic rings. The van der Waals surface area contributed by atoms with Crippen molar-refractivity contribution in [3.8, 4) is 0 Å². The Labute approximate surface area is 101 Å². The van der Waals surface area contributed by atoms with Crippen LogP contribution in [0.5, 0.6) is 0 Å². The van der Waals surface area contributed by atoms with Crippen molar-refractivity contribution in [1.29, 1.82) is 0 Å². The fraction of sp³-hybridized carbons (Fsp3) is 0.769. The smallest absolute Gasteiger partial charge is 0.250 e. The zero-order valence-electron chi connectivity index (χ0n) is 11.6. The minimum absolute atomic E-state index is 0.139. The monoisotopic (exact) mass is 242 g/mol. The van der Waals surface area contributed by atoms with Gasteiger partial charge in [0, 0.05) is 0 Å². The molecule has 16 heavy (non-hydrogen) atoms. The van der Waals surface area contributed by atoms with E-state index in [1.165, 1.54) is 0 Å². The Hall–Kier alpha value is -0.573. The lowest BCUT2D eigenvalue weighted by atomic mass is 10.2. The van der Waals surface area contributed by atoms with Gasteiger partial charge in [-0.3, -0.25) is 4.79 Å². The van der Waals surface area contributed by atoms with Crippen LogP contribution in [0, 0.1) is 0 Å². The Morgan fingerprint density at radius 3 is 2.25 bits per heavy atom. The number of unbranched alkanes of at least 4 members (excludes halogenated alkanes) is 2. The minimum atomic E-state index is -1.85. The predicted molar refractivity (Wildman–Crippen MR) is 72.0 cm³/mol. The summed E-state index contributed by atoms with van der Waals surface area (Å²) >= 11 is 0. The fourth-order valence-electron chi connectivity index (χ4n) is 1.01. The molecule has 0 saturated heterocycles. The van der Waals surface area contributed by atoms with E-state index in [0.717, 1.165) is 25.5 Å². The minimum Gasteiger partial charge on any atom is -0.542 e. The molecule has 0 aliphatic rings. The summed E-state index contributed by atoms with van der Waals surface area (Å²) in [4.78, 5) is 10.9. The van der Waals surface area contributed by atoms with E-state index in [9.17, 15) is 4.79 Å². The van der Waals surface area contributed by atoms with Gasteiger partial charge in [-0.15, -0.1) is 0 Å². The van der Waals surface area contributed by atoms with Gasteiger partial charge in [-0.25, -0.2) is 0 Å². The average molecular weight is 242 g/mol. The molecule has 0 radical (unpaired) electrons. The van der Waals surface area contributed by atoms with E-state index < -0.39 is 8.32 Å². The summed E-state index contributed by atoms with van der Waals surface area (Å²) in [5.74, 6) is 0.528. The van der Waals surface area contributed by atoms with Gasteiger partial charge in [-0.05, 0) is 37.0 Å². The molecular formula is C13H26O2Si. The second-order valence-electron chi connectivity index (χ2n) is 5.73. The Morgan fingerprint density at radius 1 is 1.31 bits per heavy atom. The Kier molecular flexibility index (Phi) is 6.01. The third kappa shape index (κ3) is 4.97. The average Bonchev–Trinajstić information content (AvgIpc) is 2.14. The number of carbonyl (C=O) groups excluding carboxylic acids is 1. The quantitative estimate of drug-likeness (QED) is 0.228. The first-order valence-corrected chi connectivity index (χ1v) is 8.99. The first kappa shape index (κ1) is 15.4. The van der Waals surface area contributed by atoms with Crippen LogP contribution < -0.4 is 0 Å². The van der Waals surface area contributed by atoms with E-state index in [1.54, 1.807) is 0 Å². The van der Waals surface area contributed by atoms with Gasteiger partial charge in [-0.2, -0.15) is 0 Å². The van der Waals surface area contributed by atoms with E-state index in [1.807, 2.05) is 6.08 Å². The number of allylic oxidation sites excluding steroid dienone is 2. The molecule has 0 aromatic heterocycles. The summed E-state index contributed by atoms with van der Waals surface area (Å²) in [5.41, 5.74) is 0. The van der Waals surface area contributed by atoms with Crippen LogP contribution in [0.2, 0.25) is 18.1 Å². The third-order valence-corrected chi connectivity index (χ3v) is 7.56. The van der Waals surface area contributed by atoms with Crippen LogP contribution in [0.15, 0.2) is 11.8 Å². The molecule has 3 heteroatoms. The van der Waals surface area contributed by atoms with Crippen LogP contribution in [0.1, 0.15) is 47.0 Å². The highest BCUT2D eigenvalue weighted by molar-refractivity contribution is 6.74. The summed E-state index contributed by atoms with van der Waals surface area (Å²) in [5, 5.41) is 0.139. The predicted octanol–water partition coefficient (Wildman–Crippen LogP) is 4.28. The molecule has 0 fully saturated rings. The highest BCUT2D eigenvalue weighted by atomic mass is 28.4. The maximum absolute atomic E-state index is 10.9. The van der Waals surface area contributed by atoms with Gasteiger partial charge in [0.25, 0.3) is 8.32 Å². The molecule has 0 unspecified atom stereocenters. The van der Waals surface area contributed by atoms with Crippen molar-refractivity contribution in [1.82, 2.24) is 0 Å². The number of hydrogen-bond acceptors (Lipinski definition) is 2. The number of rotatable bonds is 6. The zero-order valence-corrected chi connectivity index (χ0v) is 12.6. The van der Waals surface area contributed by atoms with Crippen LogP contribution in [0.25, 0.3) is 0 Å². The lowest BCUT2D eigenvalue weighted by Crippen LogP contribution is -2.40. The third-order valence-electron chi connectivity index (χ3n) is 3.20. The maximum atomic E-state index is 10.9. The molecule has 0 bridgehead atoms. The lowest BCUT2D eigenvalue weighted by molar-refractivity contribution is -0.106. The Bertz CT molecular complexity index is 249. The van der Waals surface area contributed by atoms with Gasteiger partial charge < -0.3 is 4.43 Å². The van der Waals surface area contributed by atoms with E-state index in [4.69, 9.17) is 4.43 Å². The lowest BCUT2D eigenvalue weighted by Gasteiger charge is -2.36. The van der Waals surface area contributed by atoms with Crippen LogP contribution in [0.3, 0.4) is 0 Å². The first-order chi connectivity index (χ1) is 7.24. The number of hydrogen-bond donors (Lipinski definition) is 0. The zero-order chi connectivity index (χ0) is 12.8. The molecule has 0 spiro atoms. The van der Waals surface area contributed by atoms with Gasteiger partial charge in [-0.1, -0.05) is 34.1 Å². The van der Waals surface area contributed by atoms with Gasteiger partial charge in [0.05, 0.1) is 0 Å². The summed E-state index contributed by atoms with van der Waals surface area (Å²) < 4.78 is 5.93. The van der Waals surface area contributed by atoms with Crippen molar-refractivity contribution < 1.29 is 9.22 Å². The SMILES string of the molecule is CCCC/C=C(/C=O)O[Si](C)(C)C(C)(C)C. The molecular weight excluding hydrogens is 216 g/mol. The molecule has 0 aliphatic carbocycles. The first-order valence-electron chi connectivity index (χ1n) is 6.09. The Balaban J connectivity index is 4.54. The summed E-state index contributed by atoms with van der Waals surface area (Å²) in [7, 11) is -1.85. The van der Waals surface area contributed by atoms with Crippen LogP contribution >= 0.6 is 0 Å². The standard InChI is InChI=1S/C13H26O2Si/c1-7-8-9-10-12(11-14)15-16(5,6)13(2,3)4/h10-11H,7-9H2,1-6H3/b12-10-. The fourth-order valence-corrected chi connectivity index (χ4v) is 2.04. The van der Waals surface area contributed by atoms with Gasteiger partial charge in [0.1, 0.15) is 5.76 Å². The van der Waals surface area contributed by atoms with Gasteiger partial charge in [0.2, 0.25) is 0 Å². The second-order valence-corrected chi connectivity index (χ2v) is 10.5. The molecule has 0 rings (SSSR count). The van der Waals surface area contributed by atoms with Crippen LogP contribution in [-0.2, 0) is 9.22 Å². The number of carbonyl (C=O) groups is 1. The van der Waals surface area contributed by atoms with Crippen molar-refractivity contribution in [3.05, 3.63) is 11.8 Å². The molecule has 2 nitrogen and oxygen atoms in total. The van der Waals surface area contributed by atoms with Crippen molar-refractivity contribution in [2.75, 3.05) is 0 Å². The van der Waals surface area contributed by atoms with Crippen molar-refractivity contribution in [2.24, 2.45) is 0 Å².